The molecule has 0 spiro atoms. The van der Waals surface area contributed by atoms with Crippen molar-refractivity contribution in [2.75, 3.05) is 37.0 Å². The van der Waals surface area contributed by atoms with E-state index >= 15 is 0 Å². The molecule has 1 aliphatic rings. The molecule has 0 atom stereocenters. The number of rotatable bonds is 5. The second-order valence-electron chi connectivity index (χ2n) is 6.85. The molecule has 28 heavy (non-hydrogen) atoms. The molecule has 0 bridgehead atoms. The van der Waals surface area contributed by atoms with Crippen LogP contribution in [0.4, 0.5) is 11.6 Å². The summed E-state index contributed by atoms with van der Waals surface area (Å²) in [6, 6.07) is 7.20. The van der Waals surface area contributed by atoms with Crippen molar-refractivity contribution in [1.29, 1.82) is 0 Å². The van der Waals surface area contributed by atoms with Gasteiger partial charge in [0.25, 0.3) is 0 Å². The Hall–Kier alpha value is -3.16. The third-order valence-electron chi connectivity index (χ3n) is 4.81. The maximum atomic E-state index is 12.2. The number of carbonyl (C=O) groups excluding carboxylic acids is 2. The maximum Gasteiger partial charge on any atom is 0.313 e. The van der Waals surface area contributed by atoms with E-state index in [1.54, 1.807) is 30.6 Å². The van der Waals surface area contributed by atoms with Gasteiger partial charge in [-0.2, -0.15) is 0 Å². The fourth-order valence-electron chi connectivity index (χ4n) is 3.21. The highest BCUT2D eigenvalue weighted by Gasteiger charge is 2.23. The summed E-state index contributed by atoms with van der Waals surface area (Å²) in [6.07, 6.45) is 5.28. The summed E-state index contributed by atoms with van der Waals surface area (Å²) >= 11 is 0. The Balaban J connectivity index is 1.46. The van der Waals surface area contributed by atoms with E-state index in [1.807, 2.05) is 13.0 Å². The van der Waals surface area contributed by atoms with Gasteiger partial charge in [-0.3, -0.25) is 9.59 Å². The third kappa shape index (κ3) is 4.97. The smallest absolute Gasteiger partial charge is 0.313 e. The number of ether oxygens (including phenoxy) is 1. The van der Waals surface area contributed by atoms with Crippen LogP contribution in [0.1, 0.15) is 18.4 Å². The number of benzene rings is 1. The second kappa shape index (κ2) is 9.16. The van der Waals surface area contributed by atoms with Gasteiger partial charge < -0.3 is 20.3 Å². The summed E-state index contributed by atoms with van der Waals surface area (Å²) in [4.78, 5) is 35.0. The Morgan fingerprint density at radius 3 is 2.57 bits per heavy atom. The van der Waals surface area contributed by atoms with Gasteiger partial charge in [0, 0.05) is 32.0 Å². The van der Waals surface area contributed by atoms with Crippen molar-refractivity contribution >= 4 is 23.5 Å². The molecule has 8 nitrogen and oxygen atoms in total. The molecule has 1 aliphatic heterocycles. The van der Waals surface area contributed by atoms with Crippen molar-refractivity contribution in [2.24, 2.45) is 5.92 Å². The van der Waals surface area contributed by atoms with Gasteiger partial charge in [0.15, 0.2) is 0 Å². The van der Waals surface area contributed by atoms with Crippen LogP contribution < -0.4 is 20.3 Å². The van der Waals surface area contributed by atoms with E-state index in [9.17, 15) is 9.59 Å². The van der Waals surface area contributed by atoms with Crippen LogP contribution in [0.2, 0.25) is 0 Å². The van der Waals surface area contributed by atoms with Crippen LogP contribution in [0.3, 0.4) is 0 Å². The summed E-state index contributed by atoms with van der Waals surface area (Å²) in [5.41, 5.74) is 1.45. The first-order valence-corrected chi connectivity index (χ1v) is 9.32. The van der Waals surface area contributed by atoms with Crippen LogP contribution in [0.25, 0.3) is 0 Å². The number of nitrogens with one attached hydrogen (secondary N) is 2. The van der Waals surface area contributed by atoms with Crippen LogP contribution in [0.15, 0.2) is 36.7 Å². The number of nitrogens with zero attached hydrogens (tertiary/aromatic N) is 3. The Morgan fingerprint density at radius 1 is 1.18 bits per heavy atom. The van der Waals surface area contributed by atoms with Gasteiger partial charge in [-0.05, 0) is 49.4 Å². The number of carbonyl (C=O) groups is 2. The van der Waals surface area contributed by atoms with Crippen LogP contribution in [0, 0.1) is 12.8 Å². The molecule has 1 saturated heterocycles. The Kier molecular flexibility index (Phi) is 6.41. The SMILES string of the molecule is COc1ccc(C)cc1NC(=O)C(=O)NCC1CCN(c2ncccn2)CC1. The summed E-state index contributed by atoms with van der Waals surface area (Å²) in [7, 11) is 1.52. The van der Waals surface area contributed by atoms with E-state index < -0.39 is 11.8 Å². The zero-order valence-corrected chi connectivity index (χ0v) is 16.1. The molecule has 8 heteroatoms. The molecule has 1 fully saturated rings. The molecule has 0 aliphatic carbocycles. The summed E-state index contributed by atoms with van der Waals surface area (Å²) in [5.74, 6) is 0.236. The number of methoxy groups -OCH3 is 1. The van der Waals surface area contributed by atoms with Crippen LogP contribution in [-0.2, 0) is 9.59 Å². The lowest BCUT2D eigenvalue weighted by Gasteiger charge is -2.31. The fourth-order valence-corrected chi connectivity index (χ4v) is 3.21. The predicted molar refractivity (Wildman–Crippen MR) is 106 cm³/mol. The number of hydrogen-bond acceptors (Lipinski definition) is 6. The molecule has 3 rings (SSSR count). The first-order valence-electron chi connectivity index (χ1n) is 9.32. The lowest BCUT2D eigenvalue weighted by atomic mass is 9.97. The van der Waals surface area contributed by atoms with Gasteiger partial charge in [0.1, 0.15) is 5.75 Å². The van der Waals surface area contributed by atoms with Gasteiger partial charge in [-0.25, -0.2) is 9.97 Å². The lowest BCUT2D eigenvalue weighted by molar-refractivity contribution is -0.136. The standard InChI is InChI=1S/C20H25N5O3/c1-14-4-5-17(28-2)16(12-14)24-19(27)18(26)23-13-15-6-10-25(11-7-15)20-21-8-3-9-22-20/h3-5,8-9,12,15H,6-7,10-11,13H2,1-2H3,(H,23,26)(H,24,27). The normalized spacial score (nSPS) is 14.4. The number of amides is 2. The average molecular weight is 383 g/mol. The molecule has 0 unspecified atom stereocenters. The van der Waals surface area contributed by atoms with Crippen molar-refractivity contribution in [3.8, 4) is 5.75 Å². The maximum absolute atomic E-state index is 12.2. The molecule has 0 radical (unpaired) electrons. The average Bonchev–Trinajstić information content (AvgIpc) is 2.73. The number of hydrogen-bond donors (Lipinski definition) is 2. The minimum Gasteiger partial charge on any atom is -0.495 e. The number of piperidine rings is 1. The minimum atomic E-state index is -0.695. The molecule has 0 saturated carbocycles. The van der Waals surface area contributed by atoms with E-state index in [0.29, 0.717) is 23.9 Å². The quantitative estimate of drug-likeness (QED) is 0.764. The van der Waals surface area contributed by atoms with Crippen molar-refractivity contribution in [3.63, 3.8) is 0 Å². The first kappa shape index (κ1) is 19.6. The molecular formula is C20H25N5O3. The van der Waals surface area contributed by atoms with E-state index in [2.05, 4.69) is 25.5 Å². The van der Waals surface area contributed by atoms with Crippen molar-refractivity contribution in [2.45, 2.75) is 19.8 Å². The summed E-state index contributed by atoms with van der Waals surface area (Å²) in [5, 5.41) is 5.36. The van der Waals surface area contributed by atoms with E-state index in [4.69, 9.17) is 4.74 Å². The largest absolute Gasteiger partial charge is 0.495 e. The zero-order valence-electron chi connectivity index (χ0n) is 16.1. The lowest BCUT2D eigenvalue weighted by Crippen LogP contribution is -2.42. The van der Waals surface area contributed by atoms with Crippen LogP contribution in [0.5, 0.6) is 5.75 Å². The predicted octanol–water partition coefficient (Wildman–Crippen LogP) is 1.76. The molecule has 2 aromatic rings. The monoisotopic (exact) mass is 383 g/mol. The molecule has 148 valence electrons. The molecule has 1 aromatic carbocycles. The molecule has 2 N–H and O–H groups in total. The number of aromatic nitrogens is 2. The fraction of sp³-hybridized carbons (Fsp3) is 0.400. The van der Waals surface area contributed by atoms with Gasteiger partial charge >= 0.3 is 11.8 Å². The molecular weight excluding hydrogens is 358 g/mol. The van der Waals surface area contributed by atoms with Gasteiger partial charge in [0.2, 0.25) is 5.95 Å². The highest BCUT2D eigenvalue weighted by atomic mass is 16.5. The van der Waals surface area contributed by atoms with Crippen molar-refractivity contribution in [1.82, 2.24) is 15.3 Å². The topological polar surface area (TPSA) is 96.4 Å². The highest BCUT2D eigenvalue weighted by Crippen LogP contribution is 2.25. The molecule has 2 amide bonds. The Morgan fingerprint density at radius 2 is 1.89 bits per heavy atom. The van der Waals surface area contributed by atoms with Gasteiger partial charge in [-0.15, -0.1) is 0 Å². The minimum absolute atomic E-state index is 0.324. The summed E-state index contributed by atoms with van der Waals surface area (Å²) in [6.45, 7) is 4.04. The van der Waals surface area contributed by atoms with Crippen molar-refractivity contribution in [3.05, 3.63) is 42.2 Å². The summed E-state index contributed by atoms with van der Waals surface area (Å²) < 4.78 is 5.22. The Labute approximate surface area is 164 Å². The van der Waals surface area contributed by atoms with Gasteiger partial charge in [-0.1, -0.05) is 6.07 Å². The highest BCUT2D eigenvalue weighted by molar-refractivity contribution is 6.39. The first-order chi connectivity index (χ1) is 13.6. The molecule has 1 aromatic heterocycles. The third-order valence-corrected chi connectivity index (χ3v) is 4.81. The van der Waals surface area contributed by atoms with Crippen LogP contribution >= 0.6 is 0 Å². The van der Waals surface area contributed by atoms with E-state index in [1.165, 1.54) is 7.11 Å². The second-order valence-corrected chi connectivity index (χ2v) is 6.85. The van der Waals surface area contributed by atoms with Crippen LogP contribution in [-0.4, -0.2) is 48.5 Å². The number of aryl methyl sites for hydroxylation is 1. The van der Waals surface area contributed by atoms with E-state index in [-0.39, 0.29) is 0 Å². The number of anilines is 2. The van der Waals surface area contributed by atoms with Gasteiger partial charge in [0.05, 0.1) is 12.8 Å². The van der Waals surface area contributed by atoms with E-state index in [0.717, 1.165) is 37.4 Å². The molecule has 2 heterocycles. The Bertz CT molecular complexity index is 820. The van der Waals surface area contributed by atoms with Crippen molar-refractivity contribution < 1.29 is 14.3 Å². The zero-order chi connectivity index (χ0) is 19.9.